The van der Waals surface area contributed by atoms with Crippen LogP contribution in [0.3, 0.4) is 0 Å². The minimum Gasteiger partial charge on any atom is -0.477 e. The van der Waals surface area contributed by atoms with Crippen LogP contribution in [0, 0.1) is 0 Å². The van der Waals surface area contributed by atoms with Crippen molar-refractivity contribution in [3.63, 3.8) is 0 Å². The Balaban J connectivity index is 2.89. The summed E-state index contributed by atoms with van der Waals surface area (Å²) in [6.07, 6.45) is 0. The number of carboxylic acid groups (broad SMARTS) is 1. The highest BCUT2D eigenvalue weighted by molar-refractivity contribution is 5.98. The normalized spacial score (nSPS) is 22.2. The summed E-state index contributed by atoms with van der Waals surface area (Å²) in [6, 6.07) is -0.574. The van der Waals surface area contributed by atoms with Crippen LogP contribution in [0.2, 0.25) is 0 Å². The molecule has 6 nitrogen and oxygen atoms in total. The first kappa shape index (κ1) is 11.7. The highest BCUT2D eigenvalue weighted by Gasteiger charge is 2.39. The molecule has 0 saturated carbocycles. The van der Waals surface area contributed by atoms with Crippen molar-refractivity contribution in [2.24, 2.45) is 5.73 Å². The summed E-state index contributed by atoms with van der Waals surface area (Å²) in [5.74, 6) is -1.49. The molecule has 0 radical (unpaired) electrons. The highest BCUT2D eigenvalue weighted by atomic mass is 16.5. The predicted octanol–water partition coefficient (Wildman–Crippen LogP) is -0.839. The Morgan fingerprint density at radius 3 is 2.67 bits per heavy atom. The van der Waals surface area contributed by atoms with Gasteiger partial charge in [-0.1, -0.05) is 0 Å². The van der Waals surface area contributed by atoms with E-state index < -0.39 is 12.0 Å². The van der Waals surface area contributed by atoms with Gasteiger partial charge in [-0.15, -0.1) is 0 Å². The standard InChI is InChI=1S/C9H14N2O4/c1-5(4-15-2)7(9(13)14)11-3-6(10)8(11)12/h6H,3-4,10H2,1-2H3,(H,13,14)/b7-5-. The number of likely N-dealkylation sites (tertiary alicyclic amines) is 1. The lowest BCUT2D eigenvalue weighted by Gasteiger charge is -2.36. The molecule has 1 aliphatic rings. The van der Waals surface area contributed by atoms with E-state index in [2.05, 4.69) is 0 Å². The third-order valence-electron chi connectivity index (χ3n) is 2.20. The molecule has 1 fully saturated rings. The first-order chi connectivity index (χ1) is 6.99. The maximum atomic E-state index is 11.3. The molecule has 1 aliphatic heterocycles. The van der Waals surface area contributed by atoms with E-state index in [0.29, 0.717) is 5.57 Å². The monoisotopic (exact) mass is 214 g/mol. The van der Waals surface area contributed by atoms with Crippen LogP contribution in [-0.2, 0) is 14.3 Å². The van der Waals surface area contributed by atoms with E-state index in [9.17, 15) is 9.59 Å². The van der Waals surface area contributed by atoms with E-state index >= 15 is 0 Å². The number of nitrogens with two attached hydrogens (primary N) is 1. The topological polar surface area (TPSA) is 92.9 Å². The summed E-state index contributed by atoms with van der Waals surface area (Å²) in [5, 5.41) is 8.96. The number of nitrogens with zero attached hydrogens (tertiary/aromatic N) is 1. The molecule has 84 valence electrons. The molecule has 1 saturated heterocycles. The molecule has 1 atom stereocenters. The minimum absolute atomic E-state index is 0.0245. The predicted molar refractivity (Wildman–Crippen MR) is 51.9 cm³/mol. The van der Waals surface area contributed by atoms with Crippen molar-refractivity contribution in [1.29, 1.82) is 0 Å². The fraction of sp³-hybridized carbons (Fsp3) is 0.556. The lowest BCUT2D eigenvalue weighted by Crippen LogP contribution is -2.61. The Bertz CT molecular complexity index is 324. The van der Waals surface area contributed by atoms with Gasteiger partial charge in [0.05, 0.1) is 13.2 Å². The second-order valence-electron chi connectivity index (χ2n) is 3.42. The molecule has 1 rings (SSSR count). The van der Waals surface area contributed by atoms with E-state index in [0.717, 1.165) is 0 Å². The molecule has 15 heavy (non-hydrogen) atoms. The Kier molecular flexibility index (Phi) is 3.43. The molecule has 0 bridgehead atoms. The average Bonchev–Trinajstić information content (AvgIpc) is 2.17. The van der Waals surface area contributed by atoms with Gasteiger partial charge < -0.3 is 20.5 Å². The van der Waals surface area contributed by atoms with Crippen molar-refractivity contribution < 1.29 is 19.4 Å². The van der Waals surface area contributed by atoms with E-state index in [1.165, 1.54) is 12.0 Å². The van der Waals surface area contributed by atoms with Gasteiger partial charge >= 0.3 is 5.97 Å². The third kappa shape index (κ3) is 2.16. The van der Waals surface area contributed by atoms with Crippen LogP contribution in [0.5, 0.6) is 0 Å². The second kappa shape index (κ2) is 4.41. The summed E-state index contributed by atoms with van der Waals surface area (Å²) >= 11 is 0. The van der Waals surface area contributed by atoms with Gasteiger partial charge in [-0.3, -0.25) is 4.79 Å². The lowest BCUT2D eigenvalue weighted by atomic mass is 10.1. The summed E-state index contributed by atoms with van der Waals surface area (Å²) in [4.78, 5) is 23.4. The van der Waals surface area contributed by atoms with Gasteiger partial charge in [-0.2, -0.15) is 0 Å². The number of rotatable bonds is 4. The van der Waals surface area contributed by atoms with Crippen LogP contribution in [0.15, 0.2) is 11.3 Å². The van der Waals surface area contributed by atoms with Crippen molar-refractivity contribution in [3.05, 3.63) is 11.3 Å². The maximum absolute atomic E-state index is 11.3. The maximum Gasteiger partial charge on any atom is 0.352 e. The van der Waals surface area contributed by atoms with Gasteiger partial charge in [0.25, 0.3) is 0 Å². The molecule has 0 aromatic heterocycles. The fourth-order valence-electron chi connectivity index (χ4n) is 1.47. The molecule has 6 heteroatoms. The second-order valence-corrected chi connectivity index (χ2v) is 3.42. The van der Waals surface area contributed by atoms with Gasteiger partial charge in [0.15, 0.2) is 0 Å². The number of ether oxygens (including phenoxy) is 1. The molecule has 1 heterocycles. The molecule has 0 spiro atoms. The van der Waals surface area contributed by atoms with Gasteiger partial charge in [0, 0.05) is 7.11 Å². The molecule has 0 aromatic carbocycles. The van der Waals surface area contributed by atoms with Crippen molar-refractivity contribution in [3.8, 4) is 0 Å². The largest absolute Gasteiger partial charge is 0.477 e. The van der Waals surface area contributed by atoms with Crippen molar-refractivity contribution in [2.45, 2.75) is 13.0 Å². The zero-order valence-corrected chi connectivity index (χ0v) is 8.69. The summed E-state index contributed by atoms with van der Waals surface area (Å²) in [5.41, 5.74) is 5.87. The first-order valence-corrected chi connectivity index (χ1v) is 4.48. The number of β-lactam (4-membered cyclic amide) rings is 1. The summed E-state index contributed by atoms with van der Waals surface area (Å²) < 4.78 is 4.83. The number of carbonyl (C=O) groups is 2. The fourth-order valence-corrected chi connectivity index (χ4v) is 1.47. The minimum atomic E-state index is -1.13. The van der Waals surface area contributed by atoms with Gasteiger partial charge in [0.2, 0.25) is 5.91 Å². The number of carbonyl (C=O) groups excluding carboxylic acids is 1. The van der Waals surface area contributed by atoms with Gasteiger partial charge in [0.1, 0.15) is 11.7 Å². The molecule has 1 amide bonds. The number of methoxy groups -OCH3 is 1. The highest BCUT2D eigenvalue weighted by Crippen LogP contribution is 2.19. The Hall–Kier alpha value is -1.40. The SMILES string of the molecule is COC/C(C)=C(/C(=O)O)N1CC(N)C1=O. The number of aliphatic carboxylic acids is 1. The number of hydrogen-bond donors (Lipinski definition) is 2. The number of amides is 1. The summed E-state index contributed by atoms with van der Waals surface area (Å²) in [6.45, 7) is 2.05. The van der Waals surface area contributed by atoms with E-state index in [1.807, 2.05) is 0 Å². The van der Waals surface area contributed by atoms with E-state index in [1.54, 1.807) is 6.92 Å². The van der Waals surface area contributed by atoms with Crippen LogP contribution in [0.4, 0.5) is 0 Å². The molecule has 0 aliphatic carbocycles. The van der Waals surface area contributed by atoms with Crippen LogP contribution in [-0.4, -0.2) is 48.2 Å². The molecule has 3 N–H and O–H groups in total. The van der Waals surface area contributed by atoms with Crippen LogP contribution in [0.25, 0.3) is 0 Å². The Morgan fingerprint density at radius 2 is 2.33 bits per heavy atom. The first-order valence-electron chi connectivity index (χ1n) is 4.48. The molecular weight excluding hydrogens is 200 g/mol. The smallest absolute Gasteiger partial charge is 0.352 e. The third-order valence-corrected chi connectivity index (χ3v) is 2.20. The number of hydrogen-bond acceptors (Lipinski definition) is 4. The zero-order valence-electron chi connectivity index (χ0n) is 8.69. The molecular formula is C9H14N2O4. The van der Waals surface area contributed by atoms with E-state index in [4.69, 9.17) is 15.6 Å². The van der Waals surface area contributed by atoms with Crippen LogP contribution >= 0.6 is 0 Å². The molecule has 1 unspecified atom stereocenters. The molecule has 0 aromatic rings. The van der Waals surface area contributed by atoms with Gasteiger partial charge in [-0.05, 0) is 12.5 Å². The van der Waals surface area contributed by atoms with Crippen molar-refractivity contribution >= 4 is 11.9 Å². The van der Waals surface area contributed by atoms with Crippen molar-refractivity contribution in [1.82, 2.24) is 4.90 Å². The average molecular weight is 214 g/mol. The summed E-state index contributed by atoms with van der Waals surface area (Å²) in [7, 11) is 1.46. The van der Waals surface area contributed by atoms with Crippen LogP contribution in [0.1, 0.15) is 6.92 Å². The van der Waals surface area contributed by atoms with Crippen LogP contribution < -0.4 is 5.73 Å². The quantitative estimate of drug-likeness (QED) is 0.470. The van der Waals surface area contributed by atoms with Gasteiger partial charge in [-0.25, -0.2) is 4.79 Å². The number of carboxylic acids is 1. The van der Waals surface area contributed by atoms with E-state index in [-0.39, 0.29) is 24.8 Å². The lowest BCUT2D eigenvalue weighted by molar-refractivity contribution is -0.146. The van der Waals surface area contributed by atoms with Crippen molar-refractivity contribution in [2.75, 3.05) is 20.3 Å². The zero-order chi connectivity index (χ0) is 11.6. The Morgan fingerprint density at radius 1 is 1.73 bits per heavy atom. The Labute approximate surface area is 87.3 Å².